The molecule has 0 unspecified atom stereocenters. The smallest absolute Gasteiger partial charge is 0.130 e. The maximum absolute atomic E-state index is 13.4. The van der Waals surface area contributed by atoms with E-state index < -0.39 is 0 Å². The second-order valence-electron chi connectivity index (χ2n) is 4.87. The molecule has 1 aliphatic rings. The first-order valence-corrected chi connectivity index (χ1v) is 6.53. The first-order chi connectivity index (χ1) is 9.28. The fourth-order valence-electron chi connectivity index (χ4n) is 2.67. The molecular formula is C16H16FNO. The molecule has 0 amide bonds. The summed E-state index contributed by atoms with van der Waals surface area (Å²) in [6.07, 6.45) is 1.64. The van der Waals surface area contributed by atoms with E-state index in [9.17, 15) is 4.39 Å². The summed E-state index contributed by atoms with van der Waals surface area (Å²) in [7, 11) is 0. The Morgan fingerprint density at radius 1 is 1.16 bits per heavy atom. The first-order valence-electron chi connectivity index (χ1n) is 6.53. The van der Waals surface area contributed by atoms with E-state index in [4.69, 9.17) is 10.5 Å². The van der Waals surface area contributed by atoms with Gasteiger partial charge in [0.15, 0.2) is 0 Å². The Hall–Kier alpha value is -1.87. The Labute approximate surface area is 112 Å². The van der Waals surface area contributed by atoms with Gasteiger partial charge in [0.25, 0.3) is 0 Å². The summed E-state index contributed by atoms with van der Waals surface area (Å²) < 4.78 is 19.3. The molecule has 19 heavy (non-hydrogen) atoms. The van der Waals surface area contributed by atoms with Crippen LogP contribution in [0.4, 0.5) is 4.39 Å². The van der Waals surface area contributed by atoms with E-state index in [0.717, 1.165) is 35.5 Å². The number of hydrogen-bond donors (Lipinski definition) is 1. The lowest BCUT2D eigenvalue weighted by Crippen LogP contribution is -2.09. The van der Waals surface area contributed by atoms with Crippen molar-refractivity contribution < 1.29 is 9.13 Å². The van der Waals surface area contributed by atoms with Crippen molar-refractivity contribution in [2.24, 2.45) is 5.73 Å². The highest BCUT2D eigenvalue weighted by molar-refractivity contribution is 5.47. The van der Waals surface area contributed by atoms with Crippen LogP contribution >= 0.6 is 0 Å². The van der Waals surface area contributed by atoms with Crippen LogP contribution in [0.2, 0.25) is 0 Å². The number of para-hydroxylation sites is 1. The maximum Gasteiger partial charge on any atom is 0.130 e. The van der Waals surface area contributed by atoms with Gasteiger partial charge in [-0.25, -0.2) is 4.39 Å². The Balaban J connectivity index is 2.09. The molecule has 0 fully saturated rings. The third-order valence-corrected chi connectivity index (χ3v) is 3.58. The van der Waals surface area contributed by atoms with Gasteiger partial charge in [0.1, 0.15) is 17.3 Å². The molecule has 3 heteroatoms. The number of rotatable bonds is 2. The summed E-state index contributed by atoms with van der Waals surface area (Å²) in [5.74, 6) is 1.66. The fourth-order valence-corrected chi connectivity index (χ4v) is 2.67. The second-order valence-corrected chi connectivity index (χ2v) is 4.87. The monoisotopic (exact) mass is 257 g/mol. The van der Waals surface area contributed by atoms with Crippen molar-refractivity contribution in [2.45, 2.75) is 18.8 Å². The van der Waals surface area contributed by atoms with Crippen LogP contribution in [0.25, 0.3) is 0 Å². The third kappa shape index (κ3) is 2.34. The number of hydrogen-bond acceptors (Lipinski definition) is 2. The van der Waals surface area contributed by atoms with Crippen molar-refractivity contribution in [3.8, 4) is 11.5 Å². The molecule has 0 saturated heterocycles. The lowest BCUT2D eigenvalue weighted by Gasteiger charge is -2.15. The van der Waals surface area contributed by atoms with E-state index >= 15 is 0 Å². The molecule has 1 aliphatic heterocycles. The predicted octanol–water partition coefficient (Wildman–Crippen LogP) is 3.61. The summed E-state index contributed by atoms with van der Waals surface area (Å²) in [5.41, 5.74) is 7.77. The van der Waals surface area contributed by atoms with E-state index in [0.29, 0.717) is 6.54 Å². The van der Waals surface area contributed by atoms with Crippen molar-refractivity contribution in [1.82, 2.24) is 0 Å². The van der Waals surface area contributed by atoms with Gasteiger partial charge in [-0.2, -0.15) is 0 Å². The van der Waals surface area contributed by atoms with Crippen molar-refractivity contribution in [2.75, 3.05) is 6.54 Å². The molecule has 0 bridgehead atoms. The molecule has 2 nitrogen and oxygen atoms in total. The topological polar surface area (TPSA) is 35.2 Å². The van der Waals surface area contributed by atoms with Gasteiger partial charge >= 0.3 is 0 Å². The minimum atomic E-state index is -0.222. The van der Waals surface area contributed by atoms with Crippen molar-refractivity contribution >= 4 is 0 Å². The van der Waals surface area contributed by atoms with Gasteiger partial charge in [-0.15, -0.1) is 0 Å². The SMILES string of the molecule is NCC[C@H]1Cc2cc(F)ccc2Oc2ccccc21. The first kappa shape index (κ1) is 12.2. The van der Waals surface area contributed by atoms with Crippen molar-refractivity contribution in [3.05, 3.63) is 59.4 Å². The van der Waals surface area contributed by atoms with Gasteiger partial charge in [0.05, 0.1) is 0 Å². The van der Waals surface area contributed by atoms with E-state index in [-0.39, 0.29) is 11.7 Å². The average Bonchev–Trinajstić information content (AvgIpc) is 2.56. The van der Waals surface area contributed by atoms with Crippen LogP contribution in [0.1, 0.15) is 23.5 Å². The van der Waals surface area contributed by atoms with Gasteiger partial charge in [-0.1, -0.05) is 18.2 Å². The van der Waals surface area contributed by atoms with Crippen LogP contribution in [0.3, 0.4) is 0 Å². The van der Waals surface area contributed by atoms with Crippen LogP contribution in [0.15, 0.2) is 42.5 Å². The zero-order valence-electron chi connectivity index (χ0n) is 10.6. The maximum atomic E-state index is 13.4. The molecule has 1 heterocycles. The molecule has 2 aromatic carbocycles. The molecule has 98 valence electrons. The molecule has 0 spiro atoms. The summed E-state index contributed by atoms with van der Waals surface area (Å²) in [5, 5.41) is 0. The summed E-state index contributed by atoms with van der Waals surface area (Å²) in [6.45, 7) is 0.615. The Morgan fingerprint density at radius 2 is 2.00 bits per heavy atom. The lowest BCUT2D eigenvalue weighted by molar-refractivity contribution is 0.475. The molecule has 0 saturated carbocycles. The van der Waals surface area contributed by atoms with E-state index in [1.807, 2.05) is 18.2 Å². The van der Waals surface area contributed by atoms with E-state index in [2.05, 4.69) is 6.07 Å². The van der Waals surface area contributed by atoms with Gasteiger partial charge in [-0.3, -0.25) is 0 Å². The molecule has 2 aromatic rings. The highest BCUT2D eigenvalue weighted by Gasteiger charge is 2.22. The van der Waals surface area contributed by atoms with Gasteiger partial charge in [0.2, 0.25) is 0 Å². The largest absolute Gasteiger partial charge is 0.457 e. The number of nitrogens with two attached hydrogens (primary N) is 1. The quantitative estimate of drug-likeness (QED) is 0.892. The molecular weight excluding hydrogens is 241 g/mol. The van der Waals surface area contributed by atoms with Gasteiger partial charge in [-0.05, 0) is 60.7 Å². The van der Waals surface area contributed by atoms with Crippen LogP contribution in [-0.2, 0) is 6.42 Å². The Kier molecular flexibility index (Phi) is 3.22. The number of fused-ring (bicyclic) bond motifs is 2. The van der Waals surface area contributed by atoms with E-state index in [1.54, 1.807) is 12.1 Å². The normalized spacial score (nSPS) is 17.1. The highest BCUT2D eigenvalue weighted by Crippen LogP contribution is 2.40. The fraction of sp³-hybridized carbons (Fsp3) is 0.250. The summed E-state index contributed by atoms with van der Waals surface area (Å²) in [4.78, 5) is 0. The number of ether oxygens (including phenoxy) is 1. The minimum Gasteiger partial charge on any atom is -0.457 e. The molecule has 0 aromatic heterocycles. The number of benzene rings is 2. The summed E-state index contributed by atoms with van der Waals surface area (Å²) in [6, 6.07) is 12.7. The zero-order valence-corrected chi connectivity index (χ0v) is 10.6. The van der Waals surface area contributed by atoms with Crippen LogP contribution < -0.4 is 10.5 Å². The second kappa shape index (κ2) is 5.02. The predicted molar refractivity (Wildman–Crippen MR) is 73.0 cm³/mol. The Bertz CT molecular complexity index is 597. The summed E-state index contributed by atoms with van der Waals surface area (Å²) >= 11 is 0. The third-order valence-electron chi connectivity index (χ3n) is 3.58. The van der Waals surface area contributed by atoms with Crippen molar-refractivity contribution in [1.29, 1.82) is 0 Å². The molecule has 0 aliphatic carbocycles. The molecule has 3 rings (SSSR count). The van der Waals surface area contributed by atoms with Crippen LogP contribution in [0, 0.1) is 5.82 Å². The van der Waals surface area contributed by atoms with Gasteiger partial charge in [0, 0.05) is 0 Å². The van der Waals surface area contributed by atoms with Gasteiger partial charge < -0.3 is 10.5 Å². The molecule has 1 atom stereocenters. The lowest BCUT2D eigenvalue weighted by atomic mass is 9.89. The van der Waals surface area contributed by atoms with Crippen LogP contribution in [-0.4, -0.2) is 6.54 Å². The van der Waals surface area contributed by atoms with Crippen molar-refractivity contribution in [3.63, 3.8) is 0 Å². The molecule has 0 radical (unpaired) electrons. The number of halogens is 1. The zero-order chi connectivity index (χ0) is 13.2. The van der Waals surface area contributed by atoms with E-state index in [1.165, 1.54) is 6.07 Å². The molecule has 2 N–H and O–H groups in total. The minimum absolute atomic E-state index is 0.222. The highest BCUT2D eigenvalue weighted by atomic mass is 19.1. The Morgan fingerprint density at radius 3 is 2.84 bits per heavy atom. The standard InChI is InChI=1S/C16H16FNO/c17-13-5-6-15-12(10-13)9-11(7-8-18)14-3-1-2-4-16(14)19-15/h1-6,10-11H,7-9,18H2/t11-/m0/s1. The van der Waals surface area contributed by atoms with Crippen LogP contribution in [0.5, 0.6) is 11.5 Å². The average molecular weight is 257 g/mol.